The highest BCUT2D eigenvalue weighted by Gasteiger charge is 2.30. The van der Waals surface area contributed by atoms with Gasteiger partial charge in [-0.2, -0.15) is 22.8 Å². The average molecular weight is 444 g/mol. The van der Waals surface area contributed by atoms with Gasteiger partial charge in [0.2, 0.25) is 5.88 Å². The number of rotatable bonds is 4. The van der Waals surface area contributed by atoms with E-state index in [1.54, 1.807) is 6.92 Å². The first-order chi connectivity index (χ1) is 15.1. The maximum Gasteiger partial charge on any atom is 0.416 e. The van der Waals surface area contributed by atoms with Crippen LogP contribution < -0.4 is 5.32 Å². The number of nitrogens with one attached hydrogen (secondary N) is 1. The van der Waals surface area contributed by atoms with E-state index in [1.807, 2.05) is 0 Å². The number of nitrogens with zero attached hydrogens (tertiary/aromatic N) is 3. The maximum absolute atomic E-state index is 13.0. The van der Waals surface area contributed by atoms with Crippen molar-refractivity contribution < 1.29 is 27.5 Å². The molecule has 0 spiro atoms. The lowest BCUT2D eigenvalue weighted by Gasteiger charge is -2.12. The minimum absolute atomic E-state index is 0.0124. The molecule has 0 unspecified atom stereocenters. The fourth-order valence-electron chi connectivity index (χ4n) is 3.28. The molecule has 164 valence electrons. The van der Waals surface area contributed by atoms with Crippen molar-refractivity contribution in [2.24, 2.45) is 0 Å². The Balaban J connectivity index is 1.66. The Morgan fingerprint density at radius 3 is 2.56 bits per heavy atom. The van der Waals surface area contributed by atoms with Crippen LogP contribution in [0.15, 0.2) is 54.7 Å². The lowest BCUT2D eigenvalue weighted by Crippen LogP contribution is -2.12. The molecule has 0 bridgehead atoms. The molecular formula is C22H16F4N4O2. The number of aromatic hydroxyl groups is 1. The van der Waals surface area contributed by atoms with Crippen LogP contribution in [-0.4, -0.2) is 25.6 Å². The molecule has 4 aromatic rings. The number of hydrogen-bond donors (Lipinski definition) is 2. The molecule has 0 aliphatic heterocycles. The number of halogens is 4. The third kappa shape index (κ3) is 4.11. The molecule has 2 heterocycles. The first kappa shape index (κ1) is 21.3. The van der Waals surface area contributed by atoms with E-state index < -0.39 is 23.5 Å². The molecule has 0 saturated carbocycles. The molecule has 32 heavy (non-hydrogen) atoms. The average Bonchev–Trinajstić information content (AvgIpc) is 3.16. The Kier molecular flexibility index (Phi) is 5.29. The fraction of sp³-hybridized carbons (Fsp3) is 0.136. The molecule has 0 radical (unpaired) electrons. The molecule has 0 atom stereocenters. The third-order valence-corrected chi connectivity index (χ3v) is 4.91. The van der Waals surface area contributed by atoms with Crippen molar-refractivity contribution in [1.82, 2.24) is 14.6 Å². The first-order valence-corrected chi connectivity index (χ1v) is 9.42. The van der Waals surface area contributed by atoms with Crippen molar-refractivity contribution >= 4 is 17.2 Å². The van der Waals surface area contributed by atoms with E-state index in [1.165, 1.54) is 42.6 Å². The van der Waals surface area contributed by atoms with Crippen molar-refractivity contribution in [3.05, 3.63) is 88.5 Å². The van der Waals surface area contributed by atoms with Crippen LogP contribution in [0.4, 0.5) is 23.2 Å². The van der Waals surface area contributed by atoms with Gasteiger partial charge in [0.05, 0.1) is 11.8 Å². The Morgan fingerprint density at radius 2 is 1.88 bits per heavy atom. The molecule has 0 saturated heterocycles. The summed E-state index contributed by atoms with van der Waals surface area (Å²) in [5.41, 5.74) is 0.665. The standard InChI is InChI=1S/C22H16F4N4O2/c1-12-17(10-13-3-2-4-14(9-13)22(24,25)26)21(32)30-19(28-12)18(11-27-30)20(31)29-16-7-5-15(23)6-8-16/h2-9,11,32H,10H2,1H3,(H,29,31). The Labute approximate surface area is 179 Å². The summed E-state index contributed by atoms with van der Waals surface area (Å²) in [5, 5.41) is 17.3. The second kappa shape index (κ2) is 7.95. The third-order valence-electron chi connectivity index (χ3n) is 4.91. The van der Waals surface area contributed by atoms with Gasteiger partial charge in [0, 0.05) is 23.4 Å². The van der Waals surface area contributed by atoms with Crippen LogP contribution in [-0.2, 0) is 12.6 Å². The summed E-state index contributed by atoms with van der Waals surface area (Å²) in [6.07, 6.45) is -3.28. The van der Waals surface area contributed by atoms with Gasteiger partial charge in [-0.05, 0) is 42.8 Å². The van der Waals surface area contributed by atoms with Gasteiger partial charge < -0.3 is 10.4 Å². The summed E-state index contributed by atoms with van der Waals surface area (Å²) in [5.74, 6) is -1.34. The molecule has 6 nitrogen and oxygen atoms in total. The molecule has 10 heteroatoms. The topological polar surface area (TPSA) is 79.5 Å². The van der Waals surface area contributed by atoms with Crippen LogP contribution in [0.1, 0.15) is 32.7 Å². The van der Waals surface area contributed by atoms with Gasteiger partial charge in [-0.25, -0.2) is 9.37 Å². The van der Waals surface area contributed by atoms with Crippen molar-refractivity contribution in [2.45, 2.75) is 19.5 Å². The second-order valence-corrected chi connectivity index (χ2v) is 7.13. The van der Waals surface area contributed by atoms with Crippen molar-refractivity contribution in [3.8, 4) is 5.88 Å². The molecule has 0 aliphatic carbocycles. The number of anilines is 1. The number of aromatic nitrogens is 3. The largest absolute Gasteiger partial charge is 0.493 e. The van der Waals surface area contributed by atoms with Crippen molar-refractivity contribution in [1.29, 1.82) is 0 Å². The minimum Gasteiger partial charge on any atom is -0.493 e. The molecule has 2 N–H and O–H groups in total. The zero-order valence-corrected chi connectivity index (χ0v) is 16.6. The normalized spacial score (nSPS) is 11.7. The van der Waals surface area contributed by atoms with E-state index in [-0.39, 0.29) is 29.1 Å². The highest BCUT2D eigenvalue weighted by atomic mass is 19.4. The summed E-state index contributed by atoms with van der Waals surface area (Å²) < 4.78 is 53.1. The number of alkyl halides is 3. The Bertz CT molecular complexity index is 1310. The Hall–Kier alpha value is -3.95. The predicted octanol–water partition coefficient (Wildman–Crippen LogP) is 4.74. The van der Waals surface area contributed by atoms with E-state index in [0.29, 0.717) is 16.9 Å². The van der Waals surface area contributed by atoms with E-state index in [0.717, 1.165) is 16.6 Å². The highest BCUT2D eigenvalue weighted by molar-refractivity contribution is 6.08. The summed E-state index contributed by atoms with van der Waals surface area (Å²) in [6.45, 7) is 1.58. The van der Waals surface area contributed by atoms with Crippen molar-refractivity contribution in [3.63, 3.8) is 0 Å². The van der Waals surface area contributed by atoms with Gasteiger partial charge in [-0.15, -0.1) is 0 Å². The van der Waals surface area contributed by atoms with Crippen LogP contribution in [0.25, 0.3) is 5.65 Å². The van der Waals surface area contributed by atoms with Gasteiger partial charge >= 0.3 is 6.18 Å². The van der Waals surface area contributed by atoms with Crippen LogP contribution in [0.2, 0.25) is 0 Å². The lowest BCUT2D eigenvalue weighted by molar-refractivity contribution is -0.137. The van der Waals surface area contributed by atoms with Gasteiger partial charge in [0.1, 0.15) is 11.4 Å². The SMILES string of the molecule is Cc1nc2c(C(=O)Nc3ccc(F)cc3)cnn2c(O)c1Cc1cccc(C(F)(F)F)c1. The first-order valence-electron chi connectivity index (χ1n) is 9.42. The number of carbonyl (C=O) groups excluding carboxylic acids is 1. The molecular weight excluding hydrogens is 428 g/mol. The maximum atomic E-state index is 13.0. The number of aryl methyl sites for hydroxylation is 1. The molecule has 0 fully saturated rings. The van der Waals surface area contributed by atoms with Gasteiger partial charge in [-0.1, -0.05) is 18.2 Å². The quantitative estimate of drug-likeness (QED) is 0.446. The Morgan fingerprint density at radius 1 is 1.16 bits per heavy atom. The monoisotopic (exact) mass is 444 g/mol. The fourth-order valence-corrected chi connectivity index (χ4v) is 3.28. The van der Waals surface area contributed by atoms with Gasteiger partial charge in [0.15, 0.2) is 5.65 Å². The predicted molar refractivity (Wildman–Crippen MR) is 108 cm³/mol. The second-order valence-electron chi connectivity index (χ2n) is 7.13. The van der Waals surface area contributed by atoms with Gasteiger partial charge in [-0.3, -0.25) is 4.79 Å². The van der Waals surface area contributed by atoms with E-state index >= 15 is 0 Å². The van der Waals surface area contributed by atoms with Gasteiger partial charge in [0.25, 0.3) is 5.91 Å². The summed E-state index contributed by atoms with van der Waals surface area (Å²) >= 11 is 0. The highest BCUT2D eigenvalue weighted by Crippen LogP contribution is 2.31. The molecule has 2 aromatic heterocycles. The van der Waals surface area contributed by atoms with Crippen LogP contribution in [0, 0.1) is 12.7 Å². The number of fused-ring (bicyclic) bond motifs is 1. The number of amides is 1. The molecule has 0 aliphatic rings. The molecule has 4 rings (SSSR count). The minimum atomic E-state index is -4.48. The number of carbonyl (C=O) groups is 1. The van der Waals surface area contributed by atoms with Crippen molar-refractivity contribution in [2.75, 3.05) is 5.32 Å². The van der Waals surface area contributed by atoms with Crippen LogP contribution in [0.3, 0.4) is 0 Å². The summed E-state index contributed by atoms with van der Waals surface area (Å²) in [7, 11) is 0. The molecule has 2 aromatic carbocycles. The smallest absolute Gasteiger partial charge is 0.416 e. The van der Waals surface area contributed by atoms with E-state index in [9.17, 15) is 27.5 Å². The lowest BCUT2D eigenvalue weighted by atomic mass is 10.0. The number of hydrogen-bond acceptors (Lipinski definition) is 4. The van der Waals surface area contributed by atoms with Crippen LogP contribution in [0.5, 0.6) is 5.88 Å². The van der Waals surface area contributed by atoms with Crippen LogP contribution >= 0.6 is 0 Å². The zero-order chi connectivity index (χ0) is 23.0. The summed E-state index contributed by atoms with van der Waals surface area (Å²) in [4.78, 5) is 17.0. The van der Waals surface area contributed by atoms with E-state index in [2.05, 4.69) is 15.4 Å². The molecule has 1 amide bonds. The van der Waals surface area contributed by atoms with E-state index in [4.69, 9.17) is 0 Å². The zero-order valence-electron chi connectivity index (χ0n) is 16.6. The summed E-state index contributed by atoms with van der Waals surface area (Å²) in [6, 6.07) is 9.96. The number of benzene rings is 2.